The molecule has 4 heteroatoms. The highest BCUT2D eigenvalue weighted by Crippen LogP contribution is 2.41. The first-order valence-electron chi connectivity index (χ1n) is 8.05. The van der Waals surface area contributed by atoms with Crippen LogP contribution in [0.5, 0.6) is 0 Å². The Kier molecular flexibility index (Phi) is 5.08. The predicted molar refractivity (Wildman–Crippen MR) is 78.7 cm³/mol. The van der Waals surface area contributed by atoms with E-state index >= 15 is 0 Å². The topological polar surface area (TPSA) is 58.6 Å². The number of rotatable bonds is 5. The zero-order chi connectivity index (χ0) is 14.8. The van der Waals surface area contributed by atoms with Crippen molar-refractivity contribution in [2.24, 2.45) is 17.8 Å². The normalized spacial score (nSPS) is 38.3. The van der Waals surface area contributed by atoms with Gasteiger partial charge in [0.15, 0.2) is 0 Å². The Balaban J connectivity index is 2.12. The predicted octanol–water partition coefficient (Wildman–Crippen LogP) is 2.67. The van der Waals surface area contributed by atoms with E-state index in [0.717, 1.165) is 38.7 Å². The van der Waals surface area contributed by atoms with E-state index in [2.05, 4.69) is 26.1 Å². The molecular formula is C16H29NO3. The molecule has 4 atom stereocenters. The summed E-state index contributed by atoms with van der Waals surface area (Å²) >= 11 is 0. The Labute approximate surface area is 122 Å². The Bertz CT molecular complexity index is 339. The number of carboxylic acid groups (broad SMARTS) is 1. The summed E-state index contributed by atoms with van der Waals surface area (Å²) < 4.78 is 5.64. The van der Waals surface area contributed by atoms with Gasteiger partial charge in [-0.3, -0.25) is 10.1 Å². The summed E-state index contributed by atoms with van der Waals surface area (Å²) in [5.74, 6) is 0.382. The molecule has 116 valence electrons. The summed E-state index contributed by atoms with van der Waals surface area (Å²) in [4.78, 5) is 12.0. The molecule has 1 saturated carbocycles. The van der Waals surface area contributed by atoms with Gasteiger partial charge >= 0.3 is 5.97 Å². The van der Waals surface area contributed by atoms with Crippen molar-refractivity contribution in [2.75, 3.05) is 13.2 Å². The van der Waals surface area contributed by atoms with Crippen LogP contribution in [0.4, 0.5) is 0 Å². The lowest BCUT2D eigenvalue weighted by Crippen LogP contribution is -2.62. The zero-order valence-corrected chi connectivity index (χ0v) is 13.0. The molecule has 20 heavy (non-hydrogen) atoms. The molecule has 2 aliphatic rings. The largest absolute Gasteiger partial charge is 0.480 e. The van der Waals surface area contributed by atoms with Gasteiger partial charge in [0, 0.05) is 13.2 Å². The van der Waals surface area contributed by atoms with Gasteiger partial charge in [0.1, 0.15) is 5.54 Å². The van der Waals surface area contributed by atoms with E-state index in [1.807, 2.05) is 0 Å². The van der Waals surface area contributed by atoms with E-state index in [-0.39, 0.29) is 12.0 Å². The molecule has 0 spiro atoms. The van der Waals surface area contributed by atoms with Crippen LogP contribution in [0.3, 0.4) is 0 Å². The number of hydrogen-bond acceptors (Lipinski definition) is 3. The van der Waals surface area contributed by atoms with Crippen LogP contribution in [0.15, 0.2) is 0 Å². The molecule has 0 aromatic carbocycles. The van der Waals surface area contributed by atoms with Crippen LogP contribution in [0, 0.1) is 17.8 Å². The summed E-state index contributed by atoms with van der Waals surface area (Å²) in [6, 6.07) is 0. The van der Waals surface area contributed by atoms with Gasteiger partial charge in [0.05, 0.1) is 6.10 Å². The summed E-state index contributed by atoms with van der Waals surface area (Å²) in [6.45, 7) is 7.94. The van der Waals surface area contributed by atoms with Gasteiger partial charge in [-0.05, 0) is 43.4 Å². The molecule has 0 aromatic heterocycles. The minimum absolute atomic E-state index is 0.191. The third-order valence-electron chi connectivity index (χ3n) is 5.13. The van der Waals surface area contributed by atoms with Gasteiger partial charge < -0.3 is 9.84 Å². The van der Waals surface area contributed by atoms with Crippen molar-refractivity contribution >= 4 is 5.97 Å². The lowest BCUT2D eigenvalue weighted by Gasteiger charge is -2.46. The van der Waals surface area contributed by atoms with E-state index in [4.69, 9.17) is 4.74 Å². The Hall–Kier alpha value is -0.610. The first-order valence-corrected chi connectivity index (χ1v) is 8.05. The van der Waals surface area contributed by atoms with Crippen LogP contribution in [-0.4, -0.2) is 35.9 Å². The van der Waals surface area contributed by atoms with Crippen molar-refractivity contribution in [3.63, 3.8) is 0 Å². The SMILES string of the molecule is CC1CCC(C(C)C)C(NCC2CCCO2)(C(=O)O)C1. The van der Waals surface area contributed by atoms with Crippen LogP contribution < -0.4 is 5.32 Å². The lowest BCUT2D eigenvalue weighted by atomic mass is 9.65. The standard InChI is InChI=1S/C16H29NO3/c1-11(2)14-7-6-12(3)9-16(14,15(18)19)17-10-13-5-4-8-20-13/h11-14,17H,4-10H2,1-3H3,(H,18,19). The first kappa shape index (κ1) is 15.8. The molecule has 1 heterocycles. The van der Waals surface area contributed by atoms with Crippen molar-refractivity contribution in [2.45, 2.75) is 64.5 Å². The van der Waals surface area contributed by atoms with E-state index < -0.39 is 11.5 Å². The van der Waals surface area contributed by atoms with Crippen LogP contribution in [0.1, 0.15) is 52.9 Å². The van der Waals surface area contributed by atoms with Gasteiger partial charge in [-0.1, -0.05) is 27.2 Å². The molecule has 0 bridgehead atoms. The van der Waals surface area contributed by atoms with Crippen molar-refractivity contribution in [1.82, 2.24) is 5.32 Å². The second-order valence-electron chi connectivity index (χ2n) is 7.03. The average molecular weight is 283 g/mol. The van der Waals surface area contributed by atoms with E-state index in [1.165, 1.54) is 0 Å². The smallest absolute Gasteiger partial charge is 0.324 e. The quantitative estimate of drug-likeness (QED) is 0.814. The number of ether oxygens (including phenoxy) is 1. The molecular weight excluding hydrogens is 254 g/mol. The maximum Gasteiger partial charge on any atom is 0.324 e. The first-order chi connectivity index (χ1) is 9.45. The molecule has 4 nitrogen and oxygen atoms in total. The zero-order valence-electron chi connectivity index (χ0n) is 13.0. The third kappa shape index (κ3) is 3.17. The second kappa shape index (κ2) is 6.44. The molecule has 2 fully saturated rings. The molecule has 1 aliphatic carbocycles. The minimum Gasteiger partial charge on any atom is -0.480 e. The lowest BCUT2D eigenvalue weighted by molar-refractivity contribution is -0.152. The van der Waals surface area contributed by atoms with Gasteiger partial charge in [-0.2, -0.15) is 0 Å². The van der Waals surface area contributed by atoms with Crippen LogP contribution >= 0.6 is 0 Å². The fraction of sp³-hybridized carbons (Fsp3) is 0.938. The van der Waals surface area contributed by atoms with Crippen molar-refractivity contribution in [3.8, 4) is 0 Å². The van der Waals surface area contributed by atoms with Gasteiger partial charge in [0.2, 0.25) is 0 Å². The Morgan fingerprint density at radius 3 is 2.70 bits per heavy atom. The van der Waals surface area contributed by atoms with Crippen molar-refractivity contribution in [3.05, 3.63) is 0 Å². The van der Waals surface area contributed by atoms with Crippen molar-refractivity contribution in [1.29, 1.82) is 0 Å². The summed E-state index contributed by atoms with van der Waals surface area (Å²) in [7, 11) is 0. The number of aliphatic carboxylic acids is 1. The fourth-order valence-electron chi connectivity index (χ4n) is 4.04. The molecule has 0 radical (unpaired) electrons. The molecule has 2 rings (SSSR count). The number of nitrogens with one attached hydrogen (secondary N) is 1. The molecule has 1 aliphatic heterocycles. The van der Waals surface area contributed by atoms with E-state index in [1.54, 1.807) is 0 Å². The molecule has 4 unspecified atom stereocenters. The highest BCUT2D eigenvalue weighted by molar-refractivity contribution is 5.79. The summed E-state index contributed by atoms with van der Waals surface area (Å²) in [6.07, 6.45) is 5.21. The average Bonchev–Trinajstić information content (AvgIpc) is 2.88. The second-order valence-corrected chi connectivity index (χ2v) is 7.03. The molecule has 0 amide bonds. The molecule has 2 N–H and O–H groups in total. The summed E-state index contributed by atoms with van der Waals surface area (Å²) in [5, 5.41) is 13.3. The number of hydrogen-bond donors (Lipinski definition) is 2. The Morgan fingerprint density at radius 1 is 1.40 bits per heavy atom. The van der Waals surface area contributed by atoms with Gasteiger partial charge in [-0.25, -0.2) is 0 Å². The van der Waals surface area contributed by atoms with E-state index in [0.29, 0.717) is 18.4 Å². The Morgan fingerprint density at radius 2 is 2.15 bits per heavy atom. The van der Waals surface area contributed by atoms with Gasteiger partial charge in [0.25, 0.3) is 0 Å². The summed E-state index contributed by atoms with van der Waals surface area (Å²) in [5.41, 5.74) is -0.766. The van der Waals surface area contributed by atoms with Crippen LogP contribution in [-0.2, 0) is 9.53 Å². The number of carbonyl (C=O) groups is 1. The number of carboxylic acids is 1. The third-order valence-corrected chi connectivity index (χ3v) is 5.13. The monoisotopic (exact) mass is 283 g/mol. The minimum atomic E-state index is -0.766. The molecule has 1 saturated heterocycles. The fourth-order valence-corrected chi connectivity index (χ4v) is 4.04. The van der Waals surface area contributed by atoms with Crippen LogP contribution in [0.2, 0.25) is 0 Å². The maximum atomic E-state index is 12.0. The van der Waals surface area contributed by atoms with E-state index in [9.17, 15) is 9.90 Å². The highest BCUT2D eigenvalue weighted by Gasteiger charge is 2.50. The van der Waals surface area contributed by atoms with Crippen LogP contribution in [0.25, 0.3) is 0 Å². The van der Waals surface area contributed by atoms with Gasteiger partial charge in [-0.15, -0.1) is 0 Å². The van der Waals surface area contributed by atoms with Crippen molar-refractivity contribution < 1.29 is 14.6 Å². The molecule has 0 aromatic rings. The highest BCUT2D eigenvalue weighted by atomic mass is 16.5. The maximum absolute atomic E-state index is 12.0.